The van der Waals surface area contributed by atoms with Crippen LogP contribution in [-0.2, 0) is 4.74 Å². The van der Waals surface area contributed by atoms with E-state index in [1.807, 2.05) is 0 Å². The summed E-state index contributed by atoms with van der Waals surface area (Å²) >= 11 is 0. The summed E-state index contributed by atoms with van der Waals surface area (Å²) in [5.74, 6) is 0. The van der Waals surface area contributed by atoms with Gasteiger partial charge in [-0.15, -0.1) is 0 Å². The molecule has 5 heteroatoms. The average Bonchev–Trinajstić information content (AvgIpc) is 2.59. The van der Waals surface area contributed by atoms with Crippen LogP contribution in [0.4, 0.5) is 0 Å². The fourth-order valence-electron chi connectivity index (χ4n) is 5.20. The highest BCUT2D eigenvalue weighted by atomic mass is 16.5. The second kappa shape index (κ2) is 7.58. The highest BCUT2D eigenvalue weighted by Crippen LogP contribution is 2.27. The first-order chi connectivity index (χ1) is 11.7. The first-order valence-electron chi connectivity index (χ1n) is 10.2. The molecule has 3 heterocycles. The van der Waals surface area contributed by atoms with Crippen molar-refractivity contribution in [3.63, 3.8) is 0 Å². The van der Waals surface area contributed by atoms with E-state index >= 15 is 0 Å². The summed E-state index contributed by atoms with van der Waals surface area (Å²) in [5.41, 5.74) is -0.594. The molecule has 0 aromatic heterocycles. The normalized spacial score (nSPS) is 35.9. The number of hydrogen-bond acceptors (Lipinski definition) is 5. The molecule has 1 unspecified atom stereocenters. The molecule has 0 amide bonds. The Morgan fingerprint density at radius 3 is 2.17 bits per heavy atom. The molecule has 1 aliphatic carbocycles. The minimum atomic E-state index is -0.594. The van der Waals surface area contributed by atoms with Crippen LogP contribution in [-0.4, -0.2) is 96.5 Å². The van der Waals surface area contributed by atoms with Crippen LogP contribution < -0.4 is 0 Å². The van der Waals surface area contributed by atoms with Gasteiger partial charge in [0.05, 0.1) is 6.61 Å². The Balaban J connectivity index is 1.17. The van der Waals surface area contributed by atoms with Crippen molar-refractivity contribution < 1.29 is 9.84 Å². The van der Waals surface area contributed by atoms with Crippen LogP contribution in [0.1, 0.15) is 44.9 Å². The second-order valence-corrected chi connectivity index (χ2v) is 8.59. The molecule has 4 aliphatic rings. The van der Waals surface area contributed by atoms with E-state index in [0.717, 1.165) is 45.1 Å². The number of piperazine rings is 1. The molecule has 4 rings (SSSR count). The molecule has 0 aromatic carbocycles. The largest absolute Gasteiger partial charge is 0.386 e. The molecular weight excluding hydrogens is 302 g/mol. The molecule has 138 valence electrons. The van der Waals surface area contributed by atoms with Gasteiger partial charge in [-0.25, -0.2) is 0 Å². The third kappa shape index (κ3) is 3.96. The monoisotopic (exact) mass is 337 g/mol. The van der Waals surface area contributed by atoms with Gasteiger partial charge in [0.1, 0.15) is 5.60 Å². The van der Waals surface area contributed by atoms with Crippen LogP contribution in [0.3, 0.4) is 0 Å². The minimum absolute atomic E-state index is 0.522. The smallest absolute Gasteiger partial charge is 0.101 e. The zero-order valence-corrected chi connectivity index (χ0v) is 15.2. The van der Waals surface area contributed by atoms with E-state index in [2.05, 4.69) is 14.7 Å². The fraction of sp³-hybridized carbons (Fsp3) is 1.00. The fourth-order valence-corrected chi connectivity index (χ4v) is 5.20. The minimum Gasteiger partial charge on any atom is -0.386 e. The van der Waals surface area contributed by atoms with E-state index < -0.39 is 5.60 Å². The molecule has 24 heavy (non-hydrogen) atoms. The van der Waals surface area contributed by atoms with E-state index in [9.17, 15) is 5.11 Å². The highest BCUT2D eigenvalue weighted by molar-refractivity contribution is 4.95. The SMILES string of the molecule is OC1(CN2CC(N3CCN(C4CCCCC4)CC3)C2)CCCOC1. The summed E-state index contributed by atoms with van der Waals surface area (Å²) < 4.78 is 5.47. The van der Waals surface area contributed by atoms with E-state index in [1.54, 1.807) is 0 Å². The number of rotatable bonds is 4. The van der Waals surface area contributed by atoms with Gasteiger partial charge >= 0.3 is 0 Å². The molecule has 1 saturated carbocycles. The maximum absolute atomic E-state index is 10.6. The lowest BCUT2D eigenvalue weighted by Crippen LogP contribution is -2.66. The van der Waals surface area contributed by atoms with E-state index in [4.69, 9.17) is 4.74 Å². The van der Waals surface area contributed by atoms with Crippen molar-refractivity contribution >= 4 is 0 Å². The lowest BCUT2D eigenvalue weighted by molar-refractivity contribution is -0.117. The van der Waals surface area contributed by atoms with Crippen LogP contribution in [0.5, 0.6) is 0 Å². The van der Waals surface area contributed by atoms with Gasteiger partial charge in [-0.1, -0.05) is 19.3 Å². The van der Waals surface area contributed by atoms with Crippen LogP contribution in [0.2, 0.25) is 0 Å². The number of hydrogen-bond donors (Lipinski definition) is 1. The summed E-state index contributed by atoms with van der Waals surface area (Å²) in [6.45, 7) is 9.40. The first-order valence-corrected chi connectivity index (χ1v) is 10.2. The van der Waals surface area contributed by atoms with Crippen LogP contribution in [0, 0.1) is 0 Å². The molecule has 1 N–H and O–H groups in total. The summed E-state index contributed by atoms with van der Waals surface area (Å²) in [5, 5.41) is 10.6. The first kappa shape index (κ1) is 17.2. The van der Waals surface area contributed by atoms with Crippen molar-refractivity contribution in [3.8, 4) is 0 Å². The molecule has 0 aromatic rings. The van der Waals surface area contributed by atoms with E-state index in [0.29, 0.717) is 12.6 Å². The number of aliphatic hydroxyl groups is 1. The second-order valence-electron chi connectivity index (χ2n) is 8.59. The predicted octanol–water partition coefficient (Wildman–Crippen LogP) is 1.16. The molecule has 0 spiro atoms. The van der Waals surface area contributed by atoms with Gasteiger partial charge in [-0.3, -0.25) is 14.7 Å². The summed E-state index contributed by atoms with van der Waals surface area (Å²) in [6, 6.07) is 1.59. The molecule has 1 atom stereocenters. The predicted molar refractivity (Wildman–Crippen MR) is 95.2 cm³/mol. The topological polar surface area (TPSA) is 39.2 Å². The molecule has 3 aliphatic heterocycles. The zero-order chi connectivity index (χ0) is 16.4. The molecule has 4 fully saturated rings. The van der Waals surface area contributed by atoms with Gasteiger partial charge < -0.3 is 9.84 Å². The van der Waals surface area contributed by atoms with Gasteiger partial charge in [0, 0.05) is 64.5 Å². The summed E-state index contributed by atoms with van der Waals surface area (Å²) in [6.07, 6.45) is 9.08. The van der Waals surface area contributed by atoms with Crippen molar-refractivity contribution in [2.24, 2.45) is 0 Å². The van der Waals surface area contributed by atoms with E-state index in [-0.39, 0.29) is 0 Å². The number of β-amino-alcohol motifs (C(OH)–C–C–N with tert-alkyl or cyclic N) is 1. The number of likely N-dealkylation sites (tertiary alicyclic amines) is 1. The van der Waals surface area contributed by atoms with Gasteiger partial charge in [0.25, 0.3) is 0 Å². The highest BCUT2D eigenvalue weighted by Gasteiger charge is 2.39. The Morgan fingerprint density at radius 1 is 0.875 bits per heavy atom. The molecule has 5 nitrogen and oxygen atoms in total. The van der Waals surface area contributed by atoms with Crippen LogP contribution in [0.25, 0.3) is 0 Å². The Labute approximate surface area is 146 Å². The van der Waals surface area contributed by atoms with Gasteiger partial charge in [-0.2, -0.15) is 0 Å². The Bertz CT molecular complexity index is 393. The van der Waals surface area contributed by atoms with Crippen molar-refractivity contribution in [3.05, 3.63) is 0 Å². The average molecular weight is 338 g/mol. The Kier molecular flexibility index (Phi) is 5.44. The van der Waals surface area contributed by atoms with Crippen LogP contribution in [0.15, 0.2) is 0 Å². The lowest BCUT2D eigenvalue weighted by Gasteiger charge is -2.51. The third-order valence-electron chi connectivity index (χ3n) is 6.71. The van der Waals surface area contributed by atoms with E-state index in [1.165, 1.54) is 58.3 Å². The summed E-state index contributed by atoms with van der Waals surface area (Å²) in [4.78, 5) is 7.87. The van der Waals surface area contributed by atoms with Crippen LogP contribution >= 0.6 is 0 Å². The molecule has 3 saturated heterocycles. The van der Waals surface area contributed by atoms with Gasteiger partial charge in [0.15, 0.2) is 0 Å². The van der Waals surface area contributed by atoms with Crippen molar-refractivity contribution in [2.75, 3.05) is 59.0 Å². The standard InChI is InChI=1S/C19H35N3O2/c23-19(7-4-12-24-16-19)15-20-13-18(14-20)22-10-8-21(9-11-22)17-5-2-1-3-6-17/h17-18,23H,1-16H2. The van der Waals surface area contributed by atoms with Crippen molar-refractivity contribution in [1.29, 1.82) is 0 Å². The van der Waals surface area contributed by atoms with Gasteiger partial charge in [-0.05, 0) is 25.7 Å². The quantitative estimate of drug-likeness (QED) is 0.834. The van der Waals surface area contributed by atoms with Crippen molar-refractivity contribution in [1.82, 2.24) is 14.7 Å². The van der Waals surface area contributed by atoms with Gasteiger partial charge in [0.2, 0.25) is 0 Å². The maximum atomic E-state index is 10.6. The lowest BCUT2D eigenvalue weighted by atomic mass is 9.93. The van der Waals surface area contributed by atoms with Crippen molar-refractivity contribution in [2.45, 2.75) is 62.6 Å². The molecular formula is C19H35N3O2. The molecule has 0 bridgehead atoms. The zero-order valence-electron chi connectivity index (χ0n) is 15.2. The Hall–Kier alpha value is -0.200. The summed E-state index contributed by atoms with van der Waals surface area (Å²) in [7, 11) is 0. The maximum Gasteiger partial charge on any atom is 0.101 e. The third-order valence-corrected chi connectivity index (χ3v) is 6.71. The number of ether oxygens (including phenoxy) is 1. The number of nitrogens with zero attached hydrogens (tertiary/aromatic N) is 3. The molecule has 0 radical (unpaired) electrons. The Morgan fingerprint density at radius 2 is 1.54 bits per heavy atom.